The number of aryl methyl sites for hydroxylation is 1. The van der Waals surface area contributed by atoms with Crippen LogP contribution in [-0.2, 0) is 32.4 Å². The molecule has 1 N–H and O–H groups in total. The molecule has 8 nitrogen and oxygen atoms in total. The Morgan fingerprint density at radius 3 is 2.63 bits per heavy atom. The second kappa shape index (κ2) is 8.08. The first-order valence-corrected chi connectivity index (χ1v) is 11.9. The number of sulfonamides is 1. The Kier molecular flexibility index (Phi) is 5.49. The first kappa shape index (κ1) is 20.4. The summed E-state index contributed by atoms with van der Waals surface area (Å²) >= 11 is 1.40. The number of carbonyl (C=O) groups excluding carboxylic acids is 2. The van der Waals surface area contributed by atoms with Gasteiger partial charge in [0.15, 0.2) is 6.61 Å². The predicted molar refractivity (Wildman–Crippen MR) is 112 cm³/mol. The second-order valence-electron chi connectivity index (χ2n) is 7.09. The van der Waals surface area contributed by atoms with Crippen LogP contribution in [0.15, 0.2) is 24.3 Å². The van der Waals surface area contributed by atoms with E-state index in [0.29, 0.717) is 29.2 Å². The Morgan fingerprint density at radius 2 is 1.97 bits per heavy atom. The van der Waals surface area contributed by atoms with E-state index in [1.807, 2.05) is 0 Å². The molecular weight excluding hydrogens is 426 g/mol. The van der Waals surface area contributed by atoms with Gasteiger partial charge in [-0.1, -0.05) is 0 Å². The minimum atomic E-state index is -3.29. The Hall–Kier alpha value is -2.90. The standard InChI is InChI=1S/C20H19N3O5S2/c21-11-16-15-3-1-4-17(15)29-19(16)22-18(24)12-28-20(25)13-5-7-14(8-6-13)23-9-2-10-30(23,26)27/h5-8H,1-4,9-10,12H2,(H,22,24). The fourth-order valence-corrected chi connectivity index (χ4v) is 6.50. The summed E-state index contributed by atoms with van der Waals surface area (Å²) in [6, 6.07) is 8.19. The molecule has 1 aromatic heterocycles. The van der Waals surface area contributed by atoms with Crippen molar-refractivity contribution >= 4 is 43.9 Å². The van der Waals surface area contributed by atoms with Crippen LogP contribution in [0.25, 0.3) is 0 Å². The summed E-state index contributed by atoms with van der Waals surface area (Å²) < 4.78 is 30.3. The zero-order valence-corrected chi connectivity index (χ0v) is 17.6. The summed E-state index contributed by atoms with van der Waals surface area (Å²) in [5, 5.41) is 12.5. The van der Waals surface area contributed by atoms with E-state index in [1.54, 1.807) is 12.1 Å². The molecule has 0 spiro atoms. The largest absolute Gasteiger partial charge is 0.452 e. The van der Waals surface area contributed by atoms with Crippen LogP contribution in [-0.4, -0.2) is 39.2 Å². The van der Waals surface area contributed by atoms with Gasteiger partial charge in [-0.15, -0.1) is 11.3 Å². The lowest BCUT2D eigenvalue weighted by atomic mass is 10.1. The Labute approximate surface area is 178 Å². The molecule has 156 valence electrons. The van der Waals surface area contributed by atoms with Crippen LogP contribution in [0, 0.1) is 11.3 Å². The summed E-state index contributed by atoms with van der Waals surface area (Å²) in [4.78, 5) is 25.5. The molecule has 1 aliphatic carbocycles. The number of anilines is 2. The van der Waals surface area contributed by atoms with E-state index in [9.17, 15) is 23.3 Å². The van der Waals surface area contributed by atoms with Crippen LogP contribution in [0.1, 0.15) is 39.2 Å². The highest BCUT2D eigenvalue weighted by atomic mass is 32.2. The molecule has 0 atom stereocenters. The fraction of sp³-hybridized carbons (Fsp3) is 0.350. The van der Waals surface area contributed by atoms with Gasteiger partial charge in [-0.2, -0.15) is 5.26 Å². The van der Waals surface area contributed by atoms with Crippen molar-refractivity contribution in [2.45, 2.75) is 25.7 Å². The van der Waals surface area contributed by atoms with Gasteiger partial charge in [0.2, 0.25) is 10.0 Å². The van der Waals surface area contributed by atoms with Crippen molar-refractivity contribution in [2.24, 2.45) is 0 Å². The van der Waals surface area contributed by atoms with E-state index in [1.165, 1.54) is 27.8 Å². The molecule has 2 aromatic rings. The number of thiophene rings is 1. The Morgan fingerprint density at radius 1 is 1.20 bits per heavy atom. The first-order valence-electron chi connectivity index (χ1n) is 9.51. The molecule has 1 saturated heterocycles. The first-order chi connectivity index (χ1) is 14.4. The molecule has 10 heteroatoms. The van der Waals surface area contributed by atoms with E-state index in [-0.39, 0.29) is 11.3 Å². The van der Waals surface area contributed by atoms with E-state index in [4.69, 9.17) is 4.74 Å². The fourth-order valence-electron chi connectivity index (χ4n) is 3.68. The van der Waals surface area contributed by atoms with Gasteiger partial charge < -0.3 is 10.1 Å². The summed E-state index contributed by atoms with van der Waals surface area (Å²) in [5.41, 5.74) is 2.22. The lowest BCUT2D eigenvalue weighted by Gasteiger charge is -2.16. The molecule has 0 bridgehead atoms. The van der Waals surface area contributed by atoms with Crippen LogP contribution in [0.4, 0.5) is 10.7 Å². The Balaban J connectivity index is 1.35. The van der Waals surface area contributed by atoms with Gasteiger partial charge in [-0.25, -0.2) is 13.2 Å². The van der Waals surface area contributed by atoms with Crippen LogP contribution < -0.4 is 9.62 Å². The smallest absolute Gasteiger partial charge is 0.338 e. The minimum absolute atomic E-state index is 0.118. The maximum absolute atomic E-state index is 12.2. The summed E-state index contributed by atoms with van der Waals surface area (Å²) in [5.74, 6) is -1.08. The number of rotatable bonds is 5. The van der Waals surface area contributed by atoms with Gasteiger partial charge in [0.25, 0.3) is 5.91 Å². The maximum atomic E-state index is 12.2. The molecule has 1 fully saturated rings. The molecule has 1 amide bonds. The number of benzene rings is 1. The average Bonchev–Trinajstić information content (AvgIpc) is 3.40. The van der Waals surface area contributed by atoms with E-state index in [2.05, 4.69) is 11.4 Å². The summed E-state index contributed by atoms with van der Waals surface area (Å²) in [6.45, 7) is -0.0579. The minimum Gasteiger partial charge on any atom is -0.452 e. The lowest BCUT2D eigenvalue weighted by Crippen LogP contribution is -2.25. The van der Waals surface area contributed by atoms with Crippen molar-refractivity contribution in [2.75, 3.05) is 28.5 Å². The van der Waals surface area contributed by atoms with Crippen molar-refractivity contribution in [3.05, 3.63) is 45.8 Å². The molecule has 0 radical (unpaired) electrons. The molecule has 30 heavy (non-hydrogen) atoms. The number of nitriles is 1. The number of carbonyl (C=O) groups is 2. The third-order valence-corrected chi connectivity index (χ3v) is 8.19. The van der Waals surface area contributed by atoms with E-state index in [0.717, 1.165) is 29.7 Å². The lowest BCUT2D eigenvalue weighted by molar-refractivity contribution is -0.119. The molecule has 2 aliphatic rings. The monoisotopic (exact) mass is 445 g/mol. The van der Waals surface area contributed by atoms with Crippen molar-refractivity contribution in [3.8, 4) is 6.07 Å². The number of fused-ring (bicyclic) bond motifs is 1. The maximum Gasteiger partial charge on any atom is 0.338 e. The number of nitrogens with one attached hydrogen (secondary N) is 1. The van der Waals surface area contributed by atoms with Crippen LogP contribution in [0.2, 0.25) is 0 Å². The molecule has 2 heterocycles. The molecule has 0 unspecified atom stereocenters. The van der Waals surface area contributed by atoms with Crippen molar-refractivity contribution in [1.82, 2.24) is 0 Å². The highest BCUT2D eigenvalue weighted by Crippen LogP contribution is 2.38. The number of esters is 1. The number of nitrogens with zero attached hydrogens (tertiary/aromatic N) is 2. The van der Waals surface area contributed by atoms with Crippen molar-refractivity contribution in [1.29, 1.82) is 5.26 Å². The SMILES string of the molecule is N#Cc1c(NC(=O)COC(=O)c2ccc(N3CCCS3(=O)=O)cc2)sc2c1CCC2. The molecule has 1 aliphatic heterocycles. The quantitative estimate of drug-likeness (QED) is 0.707. The molecule has 0 saturated carbocycles. The zero-order chi connectivity index (χ0) is 21.3. The van der Waals surface area contributed by atoms with Gasteiger partial charge >= 0.3 is 5.97 Å². The number of ether oxygens (including phenoxy) is 1. The van der Waals surface area contributed by atoms with Crippen LogP contribution in [0.3, 0.4) is 0 Å². The third kappa shape index (κ3) is 3.91. The molecular formula is C20H19N3O5S2. The summed E-state index contributed by atoms with van der Waals surface area (Å²) in [7, 11) is -3.29. The number of amides is 1. The van der Waals surface area contributed by atoms with Gasteiger partial charge in [-0.3, -0.25) is 9.10 Å². The van der Waals surface area contributed by atoms with E-state index >= 15 is 0 Å². The highest BCUT2D eigenvalue weighted by Gasteiger charge is 2.28. The van der Waals surface area contributed by atoms with Gasteiger partial charge in [0, 0.05) is 11.4 Å². The van der Waals surface area contributed by atoms with Gasteiger partial charge in [0.1, 0.15) is 11.1 Å². The molecule has 1 aromatic carbocycles. The topological polar surface area (TPSA) is 117 Å². The number of hydrogen-bond acceptors (Lipinski definition) is 7. The zero-order valence-electron chi connectivity index (χ0n) is 16.0. The predicted octanol–water partition coefficient (Wildman–Crippen LogP) is 2.44. The van der Waals surface area contributed by atoms with Crippen molar-refractivity contribution in [3.63, 3.8) is 0 Å². The van der Waals surface area contributed by atoms with Crippen LogP contribution in [0.5, 0.6) is 0 Å². The Bertz CT molecular complexity index is 1150. The highest BCUT2D eigenvalue weighted by molar-refractivity contribution is 7.93. The second-order valence-corrected chi connectivity index (χ2v) is 10.2. The third-order valence-electron chi connectivity index (χ3n) is 5.11. The van der Waals surface area contributed by atoms with Gasteiger partial charge in [0.05, 0.1) is 22.6 Å². The van der Waals surface area contributed by atoms with E-state index < -0.39 is 28.5 Å². The van der Waals surface area contributed by atoms with Crippen molar-refractivity contribution < 1.29 is 22.7 Å². The molecule has 4 rings (SSSR count). The number of hydrogen-bond donors (Lipinski definition) is 1. The summed E-state index contributed by atoms with van der Waals surface area (Å²) in [6.07, 6.45) is 3.34. The van der Waals surface area contributed by atoms with Crippen LogP contribution >= 0.6 is 11.3 Å². The van der Waals surface area contributed by atoms with Gasteiger partial charge in [-0.05, 0) is 55.5 Å². The average molecular weight is 446 g/mol. The normalized spacial score (nSPS) is 16.7.